The van der Waals surface area contributed by atoms with E-state index in [4.69, 9.17) is 0 Å². The Hall–Kier alpha value is 0.190. The summed E-state index contributed by atoms with van der Waals surface area (Å²) in [6, 6.07) is 13.6. The van der Waals surface area contributed by atoms with Crippen LogP contribution in [-0.2, 0) is 25.8 Å². The van der Waals surface area contributed by atoms with Crippen LogP contribution in [0.4, 0.5) is 0 Å². The van der Waals surface area contributed by atoms with Gasteiger partial charge in [0.15, 0.2) is 0 Å². The Bertz CT molecular complexity index is 693. The van der Waals surface area contributed by atoms with Crippen molar-refractivity contribution in [3.8, 4) is 0 Å². The molecule has 2 unspecified atom stereocenters. The van der Waals surface area contributed by atoms with Gasteiger partial charge < -0.3 is 31.2 Å². The Labute approximate surface area is 217 Å². The number of unbranched alkanes of at least 4 members (excludes halogenated alkanes) is 2. The summed E-state index contributed by atoms with van der Waals surface area (Å²) in [5.41, 5.74) is 0. The number of hydrogen-bond acceptors (Lipinski definition) is 0. The Kier molecular flexibility index (Phi) is 16.9. The van der Waals surface area contributed by atoms with Crippen molar-refractivity contribution in [1.29, 1.82) is 0 Å². The Morgan fingerprint density at radius 2 is 1.63 bits per heavy atom. The minimum atomic E-state index is 0. The number of fused-ring (bicyclic) bond motifs is 2. The summed E-state index contributed by atoms with van der Waals surface area (Å²) in [7, 11) is 0.0856. The molecule has 0 bridgehead atoms. The fourth-order valence-electron chi connectivity index (χ4n) is 4.08. The average molecular weight is 628 g/mol. The predicted molar refractivity (Wildman–Crippen MR) is 124 cm³/mol. The first-order chi connectivity index (χ1) is 13.3. The summed E-state index contributed by atoms with van der Waals surface area (Å²) in [4.78, 5) is 0. The molecule has 2 atom stereocenters. The van der Waals surface area contributed by atoms with Crippen LogP contribution in [0, 0.1) is 18.3 Å². The summed E-state index contributed by atoms with van der Waals surface area (Å²) in [5.74, 6) is 1.62. The minimum absolute atomic E-state index is 0. The van der Waals surface area contributed by atoms with Gasteiger partial charge in [0.05, 0.1) is 0 Å². The summed E-state index contributed by atoms with van der Waals surface area (Å²) in [6.45, 7) is 4.60. The molecule has 2 aromatic rings. The number of halogens is 2. The van der Waals surface area contributed by atoms with E-state index >= 15 is 0 Å². The molecule has 0 amide bonds. The maximum absolute atomic E-state index is 2.44. The van der Waals surface area contributed by atoms with Crippen molar-refractivity contribution in [3.63, 3.8) is 0 Å². The van der Waals surface area contributed by atoms with Crippen LogP contribution in [0.2, 0.25) is 0 Å². The van der Waals surface area contributed by atoms with Gasteiger partial charge in [-0.25, -0.2) is 0 Å². The molecule has 2 aromatic carbocycles. The van der Waals surface area contributed by atoms with Crippen molar-refractivity contribution in [2.45, 2.75) is 52.4 Å². The fourth-order valence-corrected chi connectivity index (χ4v) is 6.86. The van der Waals surface area contributed by atoms with Gasteiger partial charge in [-0.3, -0.25) is 0 Å². The molecule has 30 heavy (non-hydrogen) atoms. The molecule has 0 heterocycles. The van der Waals surface area contributed by atoms with Crippen molar-refractivity contribution in [1.82, 2.24) is 0 Å². The molecule has 0 aromatic heterocycles. The molecule has 1 saturated carbocycles. The van der Waals surface area contributed by atoms with Crippen LogP contribution < -0.4 is 30.1 Å². The van der Waals surface area contributed by atoms with Gasteiger partial charge >= 0.3 is 25.8 Å². The Morgan fingerprint density at radius 3 is 2.27 bits per heavy atom. The molecule has 0 aliphatic heterocycles. The van der Waals surface area contributed by atoms with E-state index in [9.17, 15) is 0 Å². The minimum Gasteiger partial charge on any atom is -1.00 e. The molecule has 4 rings (SSSR count). The normalized spacial score (nSPS) is 18.6. The molecule has 0 radical (unpaired) electrons. The van der Waals surface area contributed by atoms with Gasteiger partial charge in [-0.1, -0.05) is 65.3 Å². The molecule has 0 N–H and O–H groups in total. The van der Waals surface area contributed by atoms with Crippen LogP contribution in [-0.4, -0.2) is 12.3 Å². The van der Waals surface area contributed by atoms with Crippen molar-refractivity contribution in [3.05, 3.63) is 67.1 Å². The second kappa shape index (κ2) is 16.8. The van der Waals surface area contributed by atoms with E-state index in [0.29, 0.717) is 0 Å². The summed E-state index contributed by atoms with van der Waals surface area (Å²) < 4.78 is 0. The van der Waals surface area contributed by atoms with Gasteiger partial charge in [-0.15, -0.1) is 52.3 Å². The third-order valence-electron chi connectivity index (χ3n) is 5.77. The molecule has 0 saturated heterocycles. The van der Waals surface area contributed by atoms with Gasteiger partial charge in [-0.2, -0.15) is 12.5 Å². The van der Waals surface area contributed by atoms with Crippen molar-refractivity contribution in [2.24, 2.45) is 11.8 Å². The smallest absolute Gasteiger partial charge is 1.00 e. The molecular formula is C26H35Cl2HfP. The largest absolute Gasteiger partial charge is 4.00 e. The Balaban J connectivity index is 0.000000597. The first kappa shape index (κ1) is 30.2. The van der Waals surface area contributed by atoms with Gasteiger partial charge in [-0.05, 0) is 31.1 Å². The third-order valence-corrected chi connectivity index (χ3v) is 8.47. The first-order valence-corrected chi connectivity index (χ1v) is 12.6. The van der Waals surface area contributed by atoms with Crippen LogP contribution in [0.1, 0.15) is 52.4 Å². The number of rotatable bonds is 7. The van der Waals surface area contributed by atoms with E-state index in [1.54, 1.807) is 5.30 Å². The summed E-state index contributed by atoms with van der Waals surface area (Å²) in [5, 5.41) is 4.48. The van der Waals surface area contributed by atoms with E-state index < -0.39 is 0 Å². The van der Waals surface area contributed by atoms with Crippen molar-refractivity contribution >= 4 is 24.0 Å². The van der Waals surface area contributed by atoms with Crippen molar-refractivity contribution in [2.75, 3.05) is 12.3 Å². The van der Waals surface area contributed by atoms with Crippen LogP contribution >= 0.6 is 7.92 Å². The second-order valence-electron chi connectivity index (χ2n) is 7.86. The van der Waals surface area contributed by atoms with Gasteiger partial charge in [0.2, 0.25) is 0 Å². The van der Waals surface area contributed by atoms with Crippen LogP contribution in [0.5, 0.6) is 0 Å². The zero-order valence-electron chi connectivity index (χ0n) is 18.4. The molecular weight excluding hydrogens is 593 g/mol. The quantitative estimate of drug-likeness (QED) is 0.249. The molecule has 2 aliphatic rings. The van der Waals surface area contributed by atoms with Crippen molar-refractivity contribution < 1.29 is 50.7 Å². The second-order valence-corrected chi connectivity index (χ2v) is 10.4. The van der Waals surface area contributed by atoms with E-state index in [-0.39, 0.29) is 58.6 Å². The van der Waals surface area contributed by atoms with E-state index in [1.807, 2.05) is 0 Å². The standard InChI is InChI=1S/C17H24P.C9H11.2ClH.Hf/c1-3-5-11-18(12-6-4-2)17-13-15-9-7-8-10-16(15)14-17;1-2-5-9-7-3-6-8(9)4-1;;;/h7-10,13-14H,3-6,11-12H2,1-2H3;1-2,4-6,8-9H,3,7H2;2*1H;/q2*-1;;;+4/p-2. The van der Waals surface area contributed by atoms with Crippen LogP contribution in [0.3, 0.4) is 0 Å². The maximum atomic E-state index is 2.44. The topological polar surface area (TPSA) is 0 Å². The maximum Gasteiger partial charge on any atom is 4.00 e. The number of benzene rings is 1. The SMILES string of the molecule is C1=CC2[CH-]CCC2C=C1.CCCCP(CCCC)c1cc2ccccc2[cH-]1.[Cl-].[Cl-].[Hf+4]. The number of allylic oxidation sites excluding steroid dienone is 4. The predicted octanol–water partition coefficient (Wildman–Crippen LogP) is 1.61. The van der Waals surface area contributed by atoms with E-state index in [0.717, 1.165) is 11.8 Å². The fraction of sp³-hybridized carbons (Fsp3) is 0.462. The molecule has 2 aliphatic carbocycles. The zero-order valence-corrected chi connectivity index (χ0v) is 24.4. The first-order valence-electron chi connectivity index (χ1n) is 10.9. The van der Waals surface area contributed by atoms with Gasteiger partial charge in [0.1, 0.15) is 0 Å². The molecule has 1 fully saturated rings. The summed E-state index contributed by atoms with van der Waals surface area (Å²) in [6.07, 6.45) is 22.3. The molecule has 0 nitrogen and oxygen atoms in total. The Morgan fingerprint density at radius 1 is 0.967 bits per heavy atom. The van der Waals surface area contributed by atoms with E-state index in [1.165, 1.54) is 61.6 Å². The molecule has 4 heteroatoms. The summed E-state index contributed by atoms with van der Waals surface area (Å²) >= 11 is 0. The van der Waals surface area contributed by atoms with Gasteiger partial charge in [0.25, 0.3) is 0 Å². The number of hydrogen-bond donors (Lipinski definition) is 0. The monoisotopic (exact) mass is 628 g/mol. The van der Waals surface area contributed by atoms with Crippen LogP contribution in [0.25, 0.3) is 10.8 Å². The van der Waals surface area contributed by atoms with Gasteiger partial charge in [0, 0.05) is 0 Å². The molecule has 162 valence electrons. The van der Waals surface area contributed by atoms with E-state index in [2.05, 4.69) is 81.0 Å². The average Bonchev–Trinajstić information content (AvgIpc) is 3.35. The van der Waals surface area contributed by atoms with Crippen LogP contribution in [0.15, 0.2) is 60.7 Å². The zero-order chi connectivity index (χ0) is 18.9. The molecule has 0 spiro atoms. The third kappa shape index (κ3) is 8.97.